The van der Waals surface area contributed by atoms with Gasteiger partial charge in [0.1, 0.15) is 0 Å². The van der Waals surface area contributed by atoms with Gasteiger partial charge in [-0.3, -0.25) is 0 Å². The number of carbonyl (C=O) groups is 2. The van der Waals surface area contributed by atoms with Gasteiger partial charge in [-0.1, -0.05) is 51.9 Å². The zero-order chi connectivity index (χ0) is 16.6. The summed E-state index contributed by atoms with van der Waals surface area (Å²) in [4.78, 5) is 23.3. The number of ether oxygens (including phenoxy) is 2. The molecule has 0 rings (SSSR count). The maximum atomic E-state index is 11.8. The molecule has 0 aliphatic heterocycles. The first-order valence-corrected chi connectivity index (χ1v) is 8.70. The quantitative estimate of drug-likeness (QED) is 0.284. The number of esters is 2. The van der Waals surface area contributed by atoms with E-state index < -0.39 is 11.9 Å². The molecule has 0 amide bonds. The van der Waals surface area contributed by atoms with E-state index >= 15 is 0 Å². The van der Waals surface area contributed by atoms with Crippen molar-refractivity contribution in [2.75, 3.05) is 13.2 Å². The Bertz CT molecular complexity index is 334. The molecule has 0 fully saturated rings. The van der Waals surface area contributed by atoms with Crippen molar-refractivity contribution in [3.05, 3.63) is 11.6 Å². The second-order valence-corrected chi connectivity index (χ2v) is 5.37. The number of rotatable bonds is 13. The van der Waals surface area contributed by atoms with Crippen molar-refractivity contribution in [3.63, 3.8) is 0 Å². The summed E-state index contributed by atoms with van der Waals surface area (Å²) >= 11 is 0. The summed E-state index contributed by atoms with van der Waals surface area (Å²) < 4.78 is 9.85. The SMILES string of the molecule is CCCCCCCCCC/C(=C/C(=O)OCC)C(=O)OCC. The van der Waals surface area contributed by atoms with Crippen molar-refractivity contribution in [3.8, 4) is 0 Å². The Morgan fingerprint density at radius 3 is 1.86 bits per heavy atom. The first-order chi connectivity index (χ1) is 10.7. The lowest BCUT2D eigenvalue weighted by atomic mass is 10.0. The Morgan fingerprint density at radius 1 is 0.773 bits per heavy atom. The Kier molecular flexibility index (Phi) is 13.7. The van der Waals surface area contributed by atoms with Crippen LogP contribution < -0.4 is 0 Å². The average Bonchev–Trinajstić information content (AvgIpc) is 2.49. The average molecular weight is 312 g/mol. The van der Waals surface area contributed by atoms with Crippen molar-refractivity contribution < 1.29 is 19.1 Å². The van der Waals surface area contributed by atoms with E-state index in [4.69, 9.17) is 9.47 Å². The van der Waals surface area contributed by atoms with Gasteiger partial charge in [-0.2, -0.15) is 0 Å². The van der Waals surface area contributed by atoms with Gasteiger partial charge in [0.05, 0.1) is 13.2 Å². The molecule has 0 aliphatic carbocycles. The molecular formula is C18H32O4. The van der Waals surface area contributed by atoms with E-state index in [0.717, 1.165) is 12.8 Å². The van der Waals surface area contributed by atoms with Crippen molar-refractivity contribution >= 4 is 11.9 Å². The standard InChI is InChI=1S/C18H32O4/c1-4-7-8-9-10-11-12-13-14-16(18(20)22-6-3)15-17(19)21-5-2/h15H,4-14H2,1-3H3/b16-15-. The molecule has 0 bridgehead atoms. The molecule has 22 heavy (non-hydrogen) atoms. The first kappa shape index (κ1) is 20.7. The van der Waals surface area contributed by atoms with Crippen LogP contribution >= 0.6 is 0 Å². The van der Waals surface area contributed by atoms with Crippen LogP contribution in [0, 0.1) is 0 Å². The second kappa shape index (κ2) is 14.6. The number of hydrogen-bond acceptors (Lipinski definition) is 4. The molecule has 0 N–H and O–H groups in total. The van der Waals surface area contributed by atoms with E-state index in [9.17, 15) is 9.59 Å². The molecule has 0 radical (unpaired) electrons. The molecule has 0 aromatic rings. The fourth-order valence-corrected chi connectivity index (χ4v) is 2.23. The predicted molar refractivity (Wildman–Crippen MR) is 88.6 cm³/mol. The van der Waals surface area contributed by atoms with Crippen LogP contribution in [0.15, 0.2) is 11.6 Å². The minimum atomic E-state index is -0.467. The fourth-order valence-electron chi connectivity index (χ4n) is 2.23. The van der Waals surface area contributed by atoms with Gasteiger partial charge in [-0.15, -0.1) is 0 Å². The highest BCUT2D eigenvalue weighted by Gasteiger charge is 2.12. The third kappa shape index (κ3) is 11.4. The normalized spacial score (nSPS) is 11.3. The van der Waals surface area contributed by atoms with Gasteiger partial charge in [0.25, 0.3) is 0 Å². The monoisotopic (exact) mass is 312 g/mol. The summed E-state index contributed by atoms with van der Waals surface area (Å²) in [7, 11) is 0. The Hall–Kier alpha value is -1.32. The number of unbranched alkanes of at least 4 members (excludes halogenated alkanes) is 7. The fraction of sp³-hybridized carbons (Fsp3) is 0.778. The second-order valence-electron chi connectivity index (χ2n) is 5.37. The Labute approximate surface area is 135 Å². The largest absolute Gasteiger partial charge is 0.463 e. The summed E-state index contributed by atoms with van der Waals surface area (Å²) in [6, 6.07) is 0. The van der Waals surface area contributed by atoms with Crippen LogP contribution in [-0.2, 0) is 19.1 Å². The summed E-state index contributed by atoms with van der Waals surface area (Å²) in [6.45, 7) is 6.34. The van der Waals surface area contributed by atoms with Crippen LogP contribution in [0.1, 0.15) is 78.6 Å². The van der Waals surface area contributed by atoms with Crippen LogP contribution in [-0.4, -0.2) is 25.2 Å². The van der Waals surface area contributed by atoms with Crippen LogP contribution in [0.5, 0.6) is 0 Å². The lowest BCUT2D eigenvalue weighted by molar-refractivity contribution is -0.141. The zero-order valence-corrected chi connectivity index (χ0v) is 14.5. The van der Waals surface area contributed by atoms with E-state index in [0.29, 0.717) is 25.2 Å². The Morgan fingerprint density at radius 2 is 1.32 bits per heavy atom. The minimum absolute atomic E-state index is 0.309. The van der Waals surface area contributed by atoms with Crippen molar-refractivity contribution in [1.82, 2.24) is 0 Å². The number of hydrogen-bond donors (Lipinski definition) is 0. The van der Waals surface area contributed by atoms with Gasteiger partial charge in [0.15, 0.2) is 0 Å². The highest BCUT2D eigenvalue weighted by Crippen LogP contribution is 2.14. The van der Waals surface area contributed by atoms with E-state index in [1.54, 1.807) is 13.8 Å². The molecular weight excluding hydrogens is 280 g/mol. The molecule has 0 heterocycles. The van der Waals surface area contributed by atoms with E-state index in [2.05, 4.69) is 6.92 Å². The topological polar surface area (TPSA) is 52.6 Å². The summed E-state index contributed by atoms with van der Waals surface area (Å²) in [5.74, 6) is -0.872. The molecule has 0 unspecified atom stereocenters. The van der Waals surface area contributed by atoms with Crippen molar-refractivity contribution in [2.45, 2.75) is 78.6 Å². The zero-order valence-electron chi connectivity index (χ0n) is 14.5. The van der Waals surface area contributed by atoms with Gasteiger partial charge in [0.2, 0.25) is 0 Å². The molecule has 4 nitrogen and oxygen atoms in total. The molecule has 0 saturated heterocycles. The summed E-state index contributed by atoms with van der Waals surface area (Å²) in [5, 5.41) is 0. The third-order valence-electron chi connectivity index (χ3n) is 3.42. The molecule has 0 atom stereocenters. The molecule has 0 aromatic carbocycles. The highest BCUT2D eigenvalue weighted by molar-refractivity contribution is 5.96. The van der Waals surface area contributed by atoms with E-state index in [1.165, 1.54) is 44.6 Å². The van der Waals surface area contributed by atoms with Gasteiger partial charge >= 0.3 is 11.9 Å². The molecule has 0 spiro atoms. The number of carbonyl (C=O) groups excluding carboxylic acids is 2. The maximum absolute atomic E-state index is 11.8. The molecule has 0 aromatic heterocycles. The van der Waals surface area contributed by atoms with Crippen molar-refractivity contribution in [1.29, 1.82) is 0 Å². The van der Waals surface area contributed by atoms with E-state index in [-0.39, 0.29) is 0 Å². The molecule has 4 heteroatoms. The Balaban J connectivity index is 4.08. The lowest BCUT2D eigenvalue weighted by Gasteiger charge is -2.07. The van der Waals surface area contributed by atoms with Gasteiger partial charge in [-0.25, -0.2) is 9.59 Å². The maximum Gasteiger partial charge on any atom is 0.334 e. The van der Waals surface area contributed by atoms with Gasteiger partial charge < -0.3 is 9.47 Å². The third-order valence-corrected chi connectivity index (χ3v) is 3.42. The predicted octanol–water partition coefficient (Wildman–Crippen LogP) is 4.57. The summed E-state index contributed by atoms with van der Waals surface area (Å²) in [5.41, 5.74) is 0.422. The lowest BCUT2D eigenvalue weighted by Crippen LogP contribution is -2.11. The smallest absolute Gasteiger partial charge is 0.334 e. The minimum Gasteiger partial charge on any atom is -0.463 e. The van der Waals surface area contributed by atoms with Crippen LogP contribution in [0.25, 0.3) is 0 Å². The molecule has 0 aliphatic rings. The van der Waals surface area contributed by atoms with Crippen LogP contribution in [0.3, 0.4) is 0 Å². The molecule has 0 saturated carbocycles. The first-order valence-electron chi connectivity index (χ1n) is 8.70. The molecule has 128 valence electrons. The van der Waals surface area contributed by atoms with Gasteiger partial charge in [-0.05, 0) is 26.7 Å². The summed E-state index contributed by atoms with van der Waals surface area (Å²) in [6.07, 6.45) is 11.4. The van der Waals surface area contributed by atoms with E-state index in [1.807, 2.05) is 0 Å². The highest BCUT2D eigenvalue weighted by atomic mass is 16.5. The van der Waals surface area contributed by atoms with Crippen LogP contribution in [0.4, 0.5) is 0 Å². The van der Waals surface area contributed by atoms with Crippen LogP contribution in [0.2, 0.25) is 0 Å². The van der Waals surface area contributed by atoms with Gasteiger partial charge in [0, 0.05) is 11.6 Å². The van der Waals surface area contributed by atoms with Crippen molar-refractivity contribution in [2.24, 2.45) is 0 Å².